The highest BCUT2D eigenvalue weighted by molar-refractivity contribution is 9.11. The molecule has 0 atom stereocenters. The molecule has 0 aliphatic heterocycles. The Balaban J connectivity index is 2.14. The van der Waals surface area contributed by atoms with Crippen LogP contribution in [0.1, 0.15) is 32.1 Å². The first-order valence-electron chi connectivity index (χ1n) is 5.58. The number of nitrogens with one attached hydrogen (secondary N) is 1. The van der Waals surface area contributed by atoms with Crippen molar-refractivity contribution in [3.63, 3.8) is 0 Å². The molecule has 88 valence electrons. The van der Waals surface area contributed by atoms with Gasteiger partial charge in [0.15, 0.2) is 0 Å². The molecule has 16 heavy (non-hydrogen) atoms. The van der Waals surface area contributed by atoms with Crippen molar-refractivity contribution >= 4 is 53.5 Å². The number of rotatable bonds is 2. The average Bonchev–Trinajstić information content (AvgIpc) is 2.25. The zero-order valence-corrected chi connectivity index (χ0v) is 13.7. The van der Waals surface area contributed by atoms with Crippen LogP contribution in [0.3, 0.4) is 0 Å². The van der Waals surface area contributed by atoms with Crippen molar-refractivity contribution in [1.29, 1.82) is 0 Å². The van der Waals surface area contributed by atoms with E-state index in [1.54, 1.807) is 0 Å². The molecule has 0 bridgehead atoms. The molecule has 1 aromatic carbocycles. The summed E-state index contributed by atoms with van der Waals surface area (Å²) in [4.78, 5) is 0. The molecule has 1 N–H and O–H groups in total. The van der Waals surface area contributed by atoms with Gasteiger partial charge in [-0.3, -0.25) is 0 Å². The third-order valence-corrected chi connectivity index (χ3v) is 4.67. The Morgan fingerprint density at radius 3 is 2.06 bits per heavy atom. The Morgan fingerprint density at radius 2 is 1.50 bits per heavy atom. The van der Waals surface area contributed by atoms with Crippen LogP contribution in [-0.4, -0.2) is 6.04 Å². The fraction of sp³-hybridized carbons (Fsp3) is 0.500. The van der Waals surface area contributed by atoms with Gasteiger partial charge in [-0.15, -0.1) is 0 Å². The molecular weight excluding hydrogens is 398 g/mol. The topological polar surface area (TPSA) is 12.0 Å². The van der Waals surface area contributed by atoms with Crippen molar-refractivity contribution in [2.75, 3.05) is 5.32 Å². The number of hydrogen-bond acceptors (Lipinski definition) is 1. The molecular formula is C12H14Br3N. The molecule has 0 unspecified atom stereocenters. The van der Waals surface area contributed by atoms with Gasteiger partial charge in [0, 0.05) is 19.5 Å². The summed E-state index contributed by atoms with van der Waals surface area (Å²) in [5.74, 6) is 0. The summed E-state index contributed by atoms with van der Waals surface area (Å²) in [6.45, 7) is 0. The number of benzene rings is 1. The van der Waals surface area contributed by atoms with E-state index in [4.69, 9.17) is 0 Å². The van der Waals surface area contributed by atoms with Crippen molar-refractivity contribution in [3.8, 4) is 0 Å². The molecule has 0 spiro atoms. The third-order valence-electron chi connectivity index (χ3n) is 2.96. The lowest BCUT2D eigenvalue weighted by atomic mass is 9.95. The first kappa shape index (κ1) is 12.9. The first-order valence-corrected chi connectivity index (χ1v) is 7.96. The first-order chi connectivity index (χ1) is 7.66. The molecule has 4 heteroatoms. The van der Waals surface area contributed by atoms with Gasteiger partial charge in [0.05, 0.1) is 5.69 Å². The van der Waals surface area contributed by atoms with E-state index in [2.05, 4.69) is 65.2 Å². The quantitative estimate of drug-likeness (QED) is 0.656. The lowest BCUT2D eigenvalue weighted by Crippen LogP contribution is -2.22. The van der Waals surface area contributed by atoms with Gasteiger partial charge in [-0.1, -0.05) is 35.2 Å². The number of anilines is 1. The second-order valence-corrected chi connectivity index (χ2v) is 6.85. The van der Waals surface area contributed by atoms with Crippen molar-refractivity contribution in [1.82, 2.24) is 0 Å². The van der Waals surface area contributed by atoms with E-state index in [9.17, 15) is 0 Å². The Labute approximate surface area is 122 Å². The van der Waals surface area contributed by atoms with Gasteiger partial charge in [-0.2, -0.15) is 0 Å². The van der Waals surface area contributed by atoms with Crippen LogP contribution in [0.2, 0.25) is 0 Å². The minimum Gasteiger partial charge on any atom is -0.380 e. The fourth-order valence-electron chi connectivity index (χ4n) is 2.13. The van der Waals surface area contributed by atoms with E-state index >= 15 is 0 Å². The van der Waals surface area contributed by atoms with Crippen LogP contribution >= 0.6 is 47.8 Å². The molecule has 1 saturated carbocycles. The van der Waals surface area contributed by atoms with Gasteiger partial charge in [0.2, 0.25) is 0 Å². The summed E-state index contributed by atoms with van der Waals surface area (Å²) in [5.41, 5.74) is 1.18. The summed E-state index contributed by atoms with van der Waals surface area (Å²) in [6, 6.07) is 4.79. The van der Waals surface area contributed by atoms with Crippen LogP contribution in [0.15, 0.2) is 25.6 Å². The summed E-state index contributed by atoms with van der Waals surface area (Å²) in [6.07, 6.45) is 6.66. The summed E-state index contributed by atoms with van der Waals surface area (Å²) in [5, 5.41) is 3.63. The van der Waals surface area contributed by atoms with Gasteiger partial charge < -0.3 is 5.32 Å². The minimum atomic E-state index is 0.627. The van der Waals surface area contributed by atoms with Crippen LogP contribution in [-0.2, 0) is 0 Å². The third kappa shape index (κ3) is 3.23. The molecule has 0 radical (unpaired) electrons. The molecule has 1 aliphatic rings. The van der Waals surface area contributed by atoms with Gasteiger partial charge in [-0.05, 0) is 56.8 Å². The van der Waals surface area contributed by atoms with Gasteiger partial charge >= 0.3 is 0 Å². The predicted molar refractivity (Wildman–Crippen MR) is 80.0 cm³/mol. The van der Waals surface area contributed by atoms with Gasteiger partial charge in [-0.25, -0.2) is 0 Å². The van der Waals surface area contributed by atoms with Crippen LogP contribution in [0.5, 0.6) is 0 Å². The Bertz CT molecular complexity index is 350. The molecule has 1 nitrogen and oxygen atoms in total. The van der Waals surface area contributed by atoms with E-state index in [0.717, 1.165) is 13.4 Å². The zero-order chi connectivity index (χ0) is 11.5. The number of halogens is 3. The van der Waals surface area contributed by atoms with Crippen LogP contribution in [0, 0.1) is 0 Å². The molecule has 0 aromatic heterocycles. The monoisotopic (exact) mass is 409 g/mol. The normalized spacial score (nSPS) is 17.4. The van der Waals surface area contributed by atoms with Crippen LogP contribution in [0.4, 0.5) is 5.69 Å². The summed E-state index contributed by atoms with van der Waals surface area (Å²) in [7, 11) is 0. The Kier molecular flexibility index (Phi) is 4.74. The maximum absolute atomic E-state index is 3.63. The van der Waals surface area contributed by atoms with E-state index < -0.39 is 0 Å². The largest absolute Gasteiger partial charge is 0.380 e. The highest BCUT2D eigenvalue weighted by Crippen LogP contribution is 2.36. The van der Waals surface area contributed by atoms with Crippen LogP contribution < -0.4 is 5.32 Å². The lowest BCUT2D eigenvalue weighted by Gasteiger charge is -2.25. The van der Waals surface area contributed by atoms with Gasteiger partial charge in [0.1, 0.15) is 0 Å². The fourth-order valence-corrected chi connectivity index (χ4v) is 4.62. The average molecular weight is 412 g/mol. The zero-order valence-electron chi connectivity index (χ0n) is 8.90. The van der Waals surface area contributed by atoms with E-state index in [-0.39, 0.29) is 0 Å². The number of hydrogen-bond donors (Lipinski definition) is 1. The highest BCUT2D eigenvalue weighted by Gasteiger charge is 2.15. The maximum atomic E-state index is 3.63. The van der Waals surface area contributed by atoms with Crippen molar-refractivity contribution in [2.45, 2.75) is 38.1 Å². The SMILES string of the molecule is Brc1cc(Br)c(NC2CCCCC2)c(Br)c1. The Morgan fingerprint density at radius 1 is 0.938 bits per heavy atom. The van der Waals surface area contributed by atoms with Gasteiger partial charge in [0.25, 0.3) is 0 Å². The molecule has 2 rings (SSSR count). The predicted octanol–water partition coefficient (Wildman–Crippen LogP) is 5.72. The smallest absolute Gasteiger partial charge is 0.0631 e. The molecule has 1 aromatic rings. The lowest BCUT2D eigenvalue weighted by molar-refractivity contribution is 0.462. The van der Waals surface area contributed by atoms with Crippen molar-refractivity contribution < 1.29 is 0 Å². The molecule has 0 heterocycles. The summed E-state index contributed by atoms with van der Waals surface area (Å²) >= 11 is 10.7. The van der Waals surface area contributed by atoms with E-state index in [0.29, 0.717) is 6.04 Å². The maximum Gasteiger partial charge on any atom is 0.0631 e. The van der Waals surface area contributed by atoms with E-state index in [1.165, 1.54) is 37.8 Å². The summed E-state index contributed by atoms with van der Waals surface area (Å²) < 4.78 is 3.30. The molecule has 0 saturated heterocycles. The second kappa shape index (κ2) is 5.87. The molecule has 1 aliphatic carbocycles. The van der Waals surface area contributed by atoms with Crippen molar-refractivity contribution in [3.05, 3.63) is 25.6 Å². The highest BCUT2D eigenvalue weighted by atomic mass is 79.9. The van der Waals surface area contributed by atoms with Crippen LogP contribution in [0.25, 0.3) is 0 Å². The minimum absolute atomic E-state index is 0.627. The molecule has 0 amide bonds. The molecule has 1 fully saturated rings. The van der Waals surface area contributed by atoms with E-state index in [1.807, 2.05) is 0 Å². The second-order valence-electron chi connectivity index (χ2n) is 4.22. The standard InChI is InChI=1S/C12H14Br3N/c13-8-6-10(14)12(11(15)7-8)16-9-4-2-1-3-5-9/h6-7,9,16H,1-5H2. The van der Waals surface area contributed by atoms with Crippen molar-refractivity contribution in [2.24, 2.45) is 0 Å². The Hall–Kier alpha value is 0.460.